The lowest BCUT2D eigenvalue weighted by Gasteiger charge is -2.12. The average Bonchev–Trinajstić information content (AvgIpc) is 2.38. The van der Waals surface area contributed by atoms with Crippen molar-refractivity contribution in [1.29, 1.82) is 0 Å². The summed E-state index contributed by atoms with van der Waals surface area (Å²) >= 11 is 0. The van der Waals surface area contributed by atoms with Crippen molar-refractivity contribution in [2.24, 2.45) is 4.99 Å². The van der Waals surface area contributed by atoms with E-state index in [1.165, 1.54) is 6.07 Å². The van der Waals surface area contributed by atoms with Gasteiger partial charge < -0.3 is 10.6 Å². The molecule has 0 atom stereocenters. The highest BCUT2D eigenvalue weighted by Gasteiger charge is 2.26. The largest absolute Gasteiger partial charge is 0.390 e. The van der Waals surface area contributed by atoms with Crippen LogP contribution in [0.15, 0.2) is 23.2 Å². The second kappa shape index (κ2) is 9.86. The fourth-order valence-corrected chi connectivity index (χ4v) is 1.64. The fraction of sp³-hybridized carbons (Fsp3) is 0.500. The van der Waals surface area contributed by atoms with E-state index >= 15 is 0 Å². The Kier molecular flexibility index (Phi) is 9.38. The molecule has 22 heavy (non-hydrogen) atoms. The van der Waals surface area contributed by atoms with Crippen LogP contribution >= 0.6 is 24.0 Å². The van der Waals surface area contributed by atoms with Gasteiger partial charge in [-0.1, -0.05) is 12.1 Å². The van der Waals surface area contributed by atoms with Crippen LogP contribution < -0.4 is 10.6 Å². The van der Waals surface area contributed by atoms with Gasteiger partial charge in [0.2, 0.25) is 0 Å². The van der Waals surface area contributed by atoms with Crippen molar-refractivity contribution in [2.45, 2.75) is 33.0 Å². The summed E-state index contributed by atoms with van der Waals surface area (Å²) in [7, 11) is 0. The molecule has 0 aliphatic heterocycles. The third-order valence-corrected chi connectivity index (χ3v) is 2.69. The van der Waals surface area contributed by atoms with E-state index in [4.69, 9.17) is 0 Å². The number of hydrogen-bond acceptors (Lipinski definition) is 1. The van der Waals surface area contributed by atoms with E-state index < -0.39 is 12.6 Å². The topological polar surface area (TPSA) is 36.4 Å². The first kappa shape index (κ1) is 20.9. The second-order valence-corrected chi connectivity index (χ2v) is 4.57. The van der Waals surface area contributed by atoms with Crippen LogP contribution in [0.4, 0.5) is 17.6 Å². The molecule has 0 unspecified atom stereocenters. The maximum absolute atomic E-state index is 13.1. The van der Waals surface area contributed by atoms with Crippen molar-refractivity contribution in [1.82, 2.24) is 10.6 Å². The van der Waals surface area contributed by atoms with Gasteiger partial charge in [0.05, 0.1) is 13.0 Å². The third kappa shape index (κ3) is 8.40. The van der Waals surface area contributed by atoms with Crippen LogP contribution in [0, 0.1) is 12.7 Å². The van der Waals surface area contributed by atoms with E-state index in [0.29, 0.717) is 18.1 Å². The van der Waals surface area contributed by atoms with E-state index in [0.717, 1.165) is 5.56 Å². The number of guanidine groups is 1. The smallest absolute Gasteiger partial charge is 0.357 e. The number of halogens is 5. The summed E-state index contributed by atoms with van der Waals surface area (Å²) in [6.45, 7) is 4.04. The number of nitrogens with zero attached hydrogens (tertiary/aromatic N) is 1. The predicted molar refractivity (Wildman–Crippen MR) is 90.0 cm³/mol. The van der Waals surface area contributed by atoms with Crippen LogP contribution in [0.5, 0.6) is 0 Å². The average molecular weight is 433 g/mol. The highest BCUT2D eigenvalue weighted by molar-refractivity contribution is 14.0. The van der Waals surface area contributed by atoms with Gasteiger partial charge in [-0.05, 0) is 31.0 Å². The van der Waals surface area contributed by atoms with Gasteiger partial charge in [0.25, 0.3) is 0 Å². The minimum atomic E-state index is -4.20. The van der Waals surface area contributed by atoms with E-state index in [1.54, 1.807) is 19.1 Å². The first-order chi connectivity index (χ1) is 9.81. The molecular formula is C14H20F4IN3. The van der Waals surface area contributed by atoms with Crippen LogP contribution in [0.3, 0.4) is 0 Å². The van der Waals surface area contributed by atoms with Gasteiger partial charge in [-0.2, -0.15) is 13.2 Å². The molecule has 0 saturated heterocycles. The molecule has 0 radical (unpaired) electrons. The normalized spacial score (nSPS) is 11.8. The molecule has 0 spiro atoms. The van der Waals surface area contributed by atoms with Gasteiger partial charge in [-0.3, -0.25) is 0 Å². The zero-order valence-corrected chi connectivity index (χ0v) is 14.8. The SMILES string of the molecule is CCNC(=NCc1ccc(F)c(C)c1)NCCC(F)(F)F.I. The first-order valence-electron chi connectivity index (χ1n) is 6.66. The quantitative estimate of drug-likeness (QED) is 0.321. The number of aryl methyl sites for hydroxylation is 1. The second-order valence-electron chi connectivity index (χ2n) is 4.57. The number of benzene rings is 1. The number of hydrogen-bond donors (Lipinski definition) is 2. The van der Waals surface area contributed by atoms with Crippen LogP contribution in [0.2, 0.25) is 0 Å². The molecule has 0 fully saturated rings. The molecule has 3 nitrogen and oxygen atoms in total. The zero-order valence-electron chi connectivity index (χ0n) is 12.4. The van der Waals surface area contributed by atoms with E-state index in [2.05, 4.69) is 15.6 Å². The first-order valence-corrected chi connectivity index (χ1v) is 6.66. The van der Waals surface area contributed by atoms with Gasteiger partial charge in [-0.15, -0.1) is 24.0 Å². The Labute approximate surface area is 144 Å². The summed E-state index contributed by atoms with van der Waals surface area (Å²) in [4.78, 5) is 4.18. The van der Waals surface area contributed by atoms with Crippen molar-refractivity contribution < 1.29 is 17.6 Å². The molecule has 2 N–H and O–H groups in total. The lowest BCUT2D eigenvalue weighted by molar-refractivity contribution is -0.132. The molecule has 0 aliphatic carbocycles. The highest BCUT2D eigenvalue weighted by atomic mass is 127. The molecule has 1 aromatic carbocycles. The Morgan fingerprint density at radius 2 is 1.91 bits per heavy atom. The van der Waals surface area contributed by atoms with Crippen molar-refractivity contribution in [2.75, 3.05) is 13.1 Å². The number of aliphatic imine (C=N–C) groups is 1. The van der Waals surface area contributed by atoms with Gasteiger partial charge in [0, 0.05) is 13.1 Å². The predicted octanol–water partition coefficient (Wildman–Crippen LogP) is 3.76. The maximum Gasteiger partial charge on any atom is 0.390 e. The van der Waals surface area contributed by atoms with Crippen LogP contribution in [-0.2, 0) is 6.54 Å². The summed E-state index contributed by atoms with van der Waals surface area (Å²) in [6, 6.07) is 4.62. The maximum atomic E-state index is 13.1. The van der Waals surface area contributed by atoms with Gasteiger partial charge >= 0.3 is 6.18 Å². The Bertz CT molecular complexity index is 489. The lowest BCUT2D eigenvalue weighted by Crippen LogP contribution is -2.38. The lowest BCUT2D eigenvalue weighted by atomic mass is 10.1. The Morgan fingerprint density at radius 1 is 1.23 bits per heavy atom. The number of nitrogens with one attached hydrogen (secondary N) is 2. The molecule has 0 aliphatic rings. The summed E-state index contributed by atoms with van der Waals surface area (Å²) in [5.41, 5.74) is 1.31. The van der Waals surface area contributed by atoms with Crippen LogP contribution in [0.1, 0.15) is 24.5 Å². The van der Waals surface area contributed by atoms with Gasteiger partial charge in [0.1, 0.15) is 5.82 Å². The molecule has 0 aromatic heterocycles. The Balaban J connectivity index is 0.00000441. The minimum absolute atomic E-state index is 0. The van der Waals surface area contributed by atoms with E-state index in [1.807, 2.05) is 6.92 Å². The van der Waals surface area contributed by atoms with Crippen LogP contribution in [0.25, 0.3) is 0 Å². The monoisotopic (exact) mass is 433 g/mol. The molecule has 1 rings (SSSR count). The summed E-state index contributed by atoms with van der Waals surface area (Å²) in [5, 5.41) is 5.48. The van der Waals surface area contributed by atoms with Gasteiger partial charge in [0.15, 0.2) is 5.96 Å². The number of rotatable bonds is 5. The van der Waals surface area contributed by atoms with Gasteiger partial charge in [-0.25, -0.2) is 9.38 Å². The molecule has 126 valence electrons. The summed E-state index contributed by atoms with van der Waals surface area (Å²) in [6.07, 6.45) is -5.12. The molecule has 0 amide bonds. The van der Waals surface area contributed by atoms with Crippen molar-refractivity contribution in [3.05, 3.63) is 35.1 Å². The van der Waals surface area contributed by atoms with Crippen LogP contribution in [-0.4, -0.2) is 25.2 Å². The zero-order chi connectivity index (χ0) is 15.9. The third-order valence-electron chi connectivity index (χ3n) is 2.69. The number of alkyl halides is 3. The van der Waals surface area contributed by atoms with E-state index in [-0.39, 0.29) is 42.9 Å². The summed E-state index contributed by atoms with van der Waals surface area (Å²) in [5.74, 6) is 0.0154. The summed E-state index contributed by atoms with van der Waals surface area (Å²) < 4.78 is 49.4. The highest BCUT2D eigenvalue weighted by Crippen LogP contribution is 2.18. The molecule has 0 saturated carbocycles. The van der Waals surface area contributed by atoms with Crippen molar-refractivity contribution in [3.63, 3.8) is 0 Å². The Morgan fingerprint density at radius 3 is 2.45 bits per heavy atom. The fourth-order valence-electron chi connectivity index (χ4n) is 1.64. The van der Waals surface area contributed by atoms with E-state index in [9.17, 15) is 17.6 Å². The molecule has 1 aromatic rings. The van der Waals surface area contributed by atoms with Crippen molar-refractivity contribution >= 4 is 29.9 Å². The molecular weight excluding hydrogens is 413 g/mol. The minimum Gasteiger partial charge on any atom is -0.357 e. The van der Waals surface area contributed by atoms with Crippen molar-refractivity contribution in [3.8, 4) is 0 Å². The Hall–Kier alpha value is -1.06. The molecule has 8 heteroatoms. The molecule has 0 bridgehead atoms. The molecule has 0 heterocycles. The standard InChI is InChI=1S/C14H19F4N3.HI/c1-3-19-13(20-7-6-14(16,17)18)21-9-11-4-5-12(15)10(2)8-11;/h4-5,8H,3,6-7,9H2,1-2H3,(H2,19,20,21);1H.